The zero-order chi connectivity index (χ0) is 18.6. The van der Waals surface area contributed by atoms with Crippen LogP contribution in [0.15, 0.2) is 54.9 Å². The second kappa shape index (κ2) is 7.80. The molecule has 1 aliphatic heterocycles. The van der Waals surface area contributed by atoms with Gasteiger partial charge in [0.1, 0.15) is 5.82 Å². The maximum absolute atomic E-state index is 13.1. The van der Waals surface area contributed by atoms with Gasteiger partial charge in [-0.05, 0) is 42.3 Å². The summed E-state index contributed by atoms with van der Waals surface area (Å²) in [6.45, 7) is 3.91. The van der Waals surface area contributed by atoms with Gasteiger partial charge < -0.3 is 4.90 Å². The first-order valence-electron chi connectivity index (χ1n) is 9.16. The quantitative estimate of drug-likeness (QED) is 0.717. The van der Waals surface area contributed by atoms with Crippen molar-refractivity contribution in [3.05, 3.63) is 71.8 Å². The summed E-state index contributed by atoms with van der Waals surface area (Å²) in [4.78, 5) is 25.7. The molecule has 4 rings (SSSR count). The van der Waals surface area contributed by atoms with Crippen molar-refractivity contribution in [2.24, 2.45) is 0 Å². The Morgan fingerprint density at radius 1 is 0.926 bits per heavy atom. The molecule has 0 radical (unpaired) electrons. The lowest BCUT2D eigenvalue weighted by Gasteiger charge is -2.22. The van der Waals surface area contributed by atoms with Gasteiger partial charge in [-0.1, -0.05) is 12.1 Å². The molecule has 0 spiro atoms. The Balaban J connectivity index is 1.42. The van der Waals surface area contributed by atoms with Crippen LogP contribution >= 0.6 is 0 Å². The topological polar surface area (TPSA) is 49.3 Å². The number of halogens is 1. The van der Waals surface area contributed by atoms with Gasteiger partial charge in [0.2, 0.25) is 0 Å². The molecular formula is C21H21FN4O. The number of fused-ring (bicyclic) bond motifs is 1. The second-order valence-corrected chi connectivity index (χ2v) is 6.81. The van der Waals surface area contributed by atoms with Crippen LogP contribution in [0.4, 0.5) is 4.39 Å². The molecule has 5 nitrogen and oxygen atoms in total. The van der Waals surface area contributed by atoms with Crippen LogP contribution in [0.1, 0.15) is 22.3 Å². The SMILES string of the molecule is O=C(c1ccc2nccnc2c1)N1CCCN(Cc2ccc(F)cc2)CC1. The molecule has 1 aromatic heterocycles. The Morgan fingerprint density at radius 2 is 1.70 bits per heavy atom. The summed E-state index contributed by atoms with van der Waals surface area (Å²) < 4.78 is 13.1. The average Bonchev–Trinajstić information content (AvgIpc) is 2.94. The summed E-state index contributed by atoms with van der Waals surface area (Å²) in [7, 11) is 0. The Morgan fingerprint density at radius 3 is 2.52 bits per heavy atom. The van der Waals surface area contributed by atoms with Crippen LogP contribution in [0.3, 0.4) is 0 Å². The standard InChI is InChI=1S/C21H21FN4O/c22-18-5-2-16(3-6-18)15-25-10-1-11-26(13-12-25)21(27)17-4-7-19-20(14-17)24-9-8-23-19/h2-9,14H,1,10-13,15H2. The van der Waals surface area contributed by atoms with Gasteiger partial charge in [-0.15, -0.1) is 0 Å². The molecule has 0 atom stereocenters. The summed E-state index contributed by atoms with van der Waals surface area (Å²) in [5.41, 5.74) is 3.26. The average molecular weight is 364 g/mol. The zero-order valence-electron chi connectivity index (χ0n) is 15.0. The van der Waals surface area contributed by atoms with Gasteiger partial charge in [-0.25, -0.2) is 4.39 Å². The highest BCUT2D eigenvalue weighted by Crippen LogP contribution is 2.15. The second-order valence-electron chi connectivity index (χ2n) is 6.81. The summed E-state index contributed by atoms with van der Waals surface area (Å²) in [6, 6.07) is 12.1. The lowest BCUT2D eigenvalue weighted by molar-refractivity contribution is 0.0761. The van der Waals surface area contributed by atoms with Gasteiger partial charge in [-0.3, -0.25) is 19.7 Å². The van der Waals surface area contributed by atoms with Crippen molar-refractivity contribution in [1.29, 1.82) is 0 Å². The molecular weight excluding hydrogens is 343 g/mol. The van der Waals surface area contributed by atoms with Crippen LogP contribution in [-0.4, -0.2) is 51.9 Å². The first-order valence-corrected chi connectivity index (χ1v) is 9.16. The highest BCUT2D eigenvalue weighted by atomic mass is 19.1. The Hall–Kier alpha value is -2.86. The third-order valence-corrected chi connectivity index (χ3v) is 4.91. The lowest BCUT2D eigenvalue weighted by atomic mass is 10.1. The van der Waals surface area contributed by atoms with Gasteiger partial charge >= 0.3 is 0 Å². The fourth-order valence-corrected chi connectivity index (χ4v) is 3.46. The van der Waals surface area contributed by atoms with Gasteiger partial charge in [0.25, 0.3) is 5.91 Å². The van der Waals surface area contributed by atoms with E-state index in [4.69, 9.17) is 0 Å². The van der Waals surface area contributed by atoms with Crippen LogP contribution in [0.2, 0.25) is 0 Å². The van der Waals surface area contributed by atoms with Crippen molar-refractivity contribution >= 4 is 16.9 Å². The van der Waals surface area contributed by atoms with Crippen molar-refractivity contribution in [2.75, 3.05) is 26.2 Å². The van der Waals surface area contributed by atoms with Gasteiger partial charge in [0.15, 0.2) is 0 Å². The van der Waals surface area contributed by atoms with E-state index in [9.17, 15) is 9.18 Å². The molecule has 1 amide bonds. The number of amides is 1. The highest BCUT2D eigenvalue weighted by Gasteiger charge is 2.20. The van der Waals surface area contributed by atoms with E-state index in [1.54, 1.807) is 12.4 Å². The van der Waals surface area contributed by atoms with E-state index < -0.39 is 0 Å². The van der Waals surface area contributed by atoms with E-state index in [0.717, 1.165) is 49.2 Å². The van der Waals surface area contributed by atoms with Gasteiger partial charge in [0, 0.05) is 50.7 Å². The van der Waals surface area contributed by atoms with E-state index in [1.165, 1.54) is 12.1 Å². The van der Waals surface area contributed by atoms with Crippen LogP contribution in [-0.2, 0) is 6.54 Å². The number of hydrogen-bond acceptors (Lipinski definition) is 4. The molecule has 0 unspecified atom stereocenters. The predicted molar refractivity (Wildman–Crippen MR) is 102 cm³/mol. The molecule has 27 heavy (non-hydrogen) atoms. The van der Waals surface area contributed by atoms with Crippen molar-refractivity contribution in [3.8, 4) is 0 Å². The molecule has 0 saturated carbocycles. The van der Waals surface area contributed by atoms with Crippen molar-refractivity contribution in [1.82, 2.24) is 19.8 Å². The number of nitrogens with zero attached hydrogens (tertiary/aromatic N) is 4. The van der Waals surface area contributed by atoms with Crippen LogP contribution in [0, 0.1) is 5.82 Å². The van der Waals surface area contributed by atoms with Crippen LogP contribution in [0.5, 0.6) is 0 Å². The van der Waals surface area contributed by atoms with Gasteiger partial charge in [0.05, 0.1) is 11.0 Å². The monoisotopic (exact) mass is 364 g/mol. The minimum absolute atomic E-state index is 0.0335. The number of carbonyl (C=O) groups excluding carboxylic acids is 1. The summed E-state index contributed by atoms with van der Waals surface area (Å²) in [5, 5.41) is 0. The lowest BCUT2D eigenvalue weighted by Crippen LogP contribution is -2.35. The van der Waals surface area contributed by atoms with Crippen molar-refractivity contribution in [2.45, 2.75) is 13.0 Å². The maximum atomic E-state index is 13.1. The first-order chi connectivity index (χ1) is 13.2. The molecule has 2 aromatic carbocycles. The van der Waals surface area contributed by atoms with E-state index in [2.05, 4.69) is 14.9 Å². The third-order valence-electron chi connectivity index (χ3n) is 4.91. The molecule has 1 saturated heterocycles. The van der Waals surface area contributed by atoms with E-state index >= 15 is 0 Å². The Bertz CT molecular complexity index is 944. The fourth-order valence-electron chi connectivity index (χ4n) is 3.46. The predicted octanol–water partition coefficient (Wildman–Crippen LogP) is 3.12. The van der Waals surface area contributed by atoms with Crippen LogP contribution in [0.25, 0.3) is 11.0 Å². The number of hydrogen-bond donors (Lipinski definition) is 0. The largest absolute Gasteiger partial charge is 0.337 e. The Labute approximate surface area is 157 Å². The van der Waals surface area contributed by atoms with Crippen molar-refractivity contribution < 1.29 is 9.18 Å². The molecule has 0 N–H and O–H groups in total. The van der Waals surface area contributed by atoms with Crippen LogP contribution < -0.4 is 0 Å². The van der Waals surface area contributed by atoms with Gasteiger partial charge in [-0.2, -0.15) is 0 Å². The first kappa shape index (κ1) is 17.5. The minimum atomic E-state index is -0.216. The number of rotatable bonds is 3. The highest BCUT2D eigenvalue weighted by molar-refractivity contribution is 5.97. The third kappa shape index (κ3) is 4.11. The number of carbonyl (C=O) groups is 1. The molecule has 0 bridgehead atoms. The molecule has 138 valence electrons. The summed E-state index contributed by atoms with van der Waals surface area (Å²) in [6.07, 6.45) is 4.20. The normalized spacial score (nSPS) is 15.7. The molecule has 2 heterocycles. The number of benzene rings is 2. The molecule has 6 heteroatoms. The summed E-state index contributed by atoms with van der Waals surface area (Å²) >= 11 is 0. The fraction of sp³-hybridized carbons (Fsp3) is 0.286. The Kier molecular flexibility index (Phi) is 5.07. The maximum Gasteiger partial charge on any atom is 0.253 e. The summed E-state index contributed by atoms with van der Waals surface area (Å²) in [5.74, 6) is -0.183. The van der Waals surface area contributed by atoms with Crippen molar-refractivity contribution in [3.63, 3.8) is 0 Å². The molecule has 0 aliphatic carbocycles. The van der Waals surface area contributed by atoms with E-state index in [1.807, 2.05) is 35.2 Å². The minimum Gasteiger partial charge on any atom is -0.337 e. The molecule has 3 aromatic rings. The number of aromatic nitrogens is 2. The molecule has 1 aliphatic rings. The van der Waals surface area contributed by atoms with E-state index in [0.29, 0.717) is 12.1 Å². The smallest absolute Gasteiger partial charge is 0.253 e. The molecule has 1 fully saturated rings. The zero-order valence-corrected chi connectivity index (χ0v) is 15.0. The van der Waals surface area contributed by atoms with E-state index in [-0.39, 0.29) is 11.7 Å².